The number of nitro groups is 1. The molecule has 0 saturated heterocycles. The maximum Gasteiger partial charge on any atom is 0.271 e. The molecule has 6 nitrogen and oxygen atoms in total. The fraction of sp³-hybridized carbons (Fsp3) is 0.500. The molecule has 0 radical (unpaired) electrons. The largest absolute Gasteiger partial charge is 0.310 e. The van der Waals surface area contributed by atoms with Crippen LogP contribution >= 0.6 is 12.4 Å². The minimum Gasteiger partial charge on any atom is -0.310 e. The second-order valence-corrected chi connectivity index (χ2v) is 5.44. The molecule has 1 fully saturated rings. The summed E-state index contributed by atoms with van der Waals surface area (Å²) in [5.74, 6) is 0.722. The third-order valence-corrected chi connectivity index (χ3v) is 3.88. The third-order valence-electron chi connectivity index (χ3n) is 3.88. The summed E-state index contributed by atoms with van der Waals surface area (Å²) in [5.41, 5.74) is 1.73. The fourth-order valence-corrected chi connectivity index (χ4v) is 2.54. The van der Waals surface area contributed by atoms with E-state index >= 15 is 0 Å². The van der Waals surface area contributed by atoms with Crippen molar-refractivity contribution in [3.05, 3.63) is 33.9 Å². The zero-order chi connectivity index (χ0) is 14.1. The number of amides is 1. The number of nitrogens with one attached hydrogen (secondary N) is 1. The van der Waals surface area contributed by atoms with Crippen molar-refractivity contribution in [1.82, 2.24) is 5.32 Å². The highest BCUT2D eigenvalue weighted by Crippen LogP contribution is 2.31. The summed E-state index contributed by atoms with van der Waals surface area (Å²) in [5, 5.41) is 14.0. The van der Waals surface area contributed by atoms with E-state index in [0.717, 1.165) is 24.4 Å². The number of fused-ring (bicyclic) bond motifs is 1. The highest BCUT2D eigenvalue weighted by atomic mass is 35.5. The minimum absolute atomic E-state index is 0. The molecule has 0 bridgehead atoms. The molecule has 1 heterocycles. The number of carbonyl (C=O) groups excluding carboxylic acids is 1. The van der Waals surface area contributed by atoms with E-state index in [1.807, 2.05) is 0 Å². The van der Waals surface area contributed by atoms with Gasteiger partial charge in [0.05, 0.1) is 17.2 Å². The highest BCUT2D eigenvalue weighted by Gasteiger charge is 2.27. The molecule has 0 aromatic heterocycles. The van der Waals surface area contributed by atoms with Crippen LogP contribution in [0.5, 0.6) is 0 Å². The summed E-state index contributed by atoms with van der Waals surface area (Å²) < 4.78 is 0. The van der Waals surface area contributed by atoms with Crippen LogP contribution in [0, 0.1) is 16.0 Å². The van der Waals surface area contributed by atoms with Crippen LogP contribution in [0.2, 0.25) is 0 Å². The highest BCUT2D eigenvalue weighted by molar-refractivity contribution is 5.97. The number of anilines is 1. The Morgan fingerprint density at radius 3 is 2.86 bits per heavy atom. The Balaban J connectivity index is 0.00000161. The Morgan fingerprint density at radius 2 is 2.19 bits per heavy atom. The van der Waals surface area contributed by atoms with E-state index in [-0.39, 0.29) is 24.0 Å². The van der Waals surface area contributed by atoms with Gasteiger partial charge in [-0.3, -0.25) is 14.9 Å². The summed E-state index contributed by atoms with van der Waals surface area (Å²) in [6.07, 6.45) is 3.27. The van der Waals surface area contributed by atoms with Gasteiger partial charge >= 0.3 is 0 Å². The van der Waals surface area contributed by atoms with Gasteiger partial charge in [0.1, 0.15) is 0 Å². The number of non-ortho nitro benzene ring substituents is 1. The van der Waals surface area contributed by atoms with Crippen molar-refractivity contribution in [2.75, 3.05) is 24.5 Å². The minimum atomic E-state index is -0.424. The SMILES string of the molecule is Cl.O=C(CNCC1CC1)N1CCc2ccc([N+](=O)[O-])cc21. The molecule has 1 aliphatic heterocycles. The van der Waals surface area contributed by atoms with Gasteiger partial charge in [-0.1, -0.05) is 6.07 Å². The van der Waals surface area contributed by atoms with Crippen molar-refractivity contribution in [2.45, 2.75) is 19.3 Å². The van der Waals surface area contributed by atoms with Gasteiger partial charge in [0.25, 0.3) is 5.69 Å². The molecule has 0 atom stereocenters. The van der Waals surface area contributed by atoms with Gasteiger partial charge in [0.2, 0.25) is 5.91 Å². The first kappa shape index (κ1) is 15.7. The normalized spacial score (nSPS) is 16.3. The average molecular weight is 312 g/mol. The van der Waals surface area contributed by atoms with E-state index < -0.39 is 4.92 Å². The lowest BCUT2D eigenvalue weighted by molar-refractivity contribution is -0.384. The lowest BCUT2D eigenvalue weighted by Gasteiger charge is -2.17. The summed E-state index contributed by atoms with van der Waals surface area (Å²) in [6, 6.07) is 4.75. The zero-order valence-electron chi connectivity index (χ0n) is 11.6. The Labute approximate surface area is 129 Å². The Morgan fingerprint density at radius 1 is 1.43 bits per heavy atom. The van der Waals surface area contributed by atoms with Gasteiger partial charge in [-0.2, -0.15) is 0 Å². The first-order chi connectivity index (χ1) is 9.65. The molecule has 1 aromatic carbocycles. The Kier molecular flexibility index (Phi) is 4.80. The van der Waals surface area contributed by atoms with E-state index in [2.05, 4.69) is 5.32 Å². The average Bonchev–Trinajstić information content (AvgIpc) is 3.15. The van der Waals surface area contributed by atoms with Crippen LogP contribution < -0.4 is 10.2 Å². The number of nitrogens with zero attached hydrogens (tertiary/aromatic N) is 2. The number of benzene rings is 1. The second-order valence-electron chi connectivity index (χ2n) is 5.44. The van der Waals surface area contributed by atoms with Gasteiger partial charge in [-0.15, -0.1) is 12.4 Å². The molecular formula is C14H18ClN3O3. The number of hydrogen-bond acceptors (Lipinski definition) is 4. The van der Waals surface area contributed by atoms with E-state index in [1.165, 1.54) is 25.0 Å². The van der Waals surface area contributed by atoms with Crippen molar-refractivity contribution in [2.24, 2.45) is 5.92 Å². The maximum atomic E-state index is 12.2. The molecular weight excluding hydrogens is 294 g/mol. The van der Waals surface area contributed by atoms with Crippen LogP contribution in [0.3, 0.4) is 0 Å². The fourth-order valence-electron chi connectivity index (χ4n) is 2.54. The predicted octanol–water partition coefficient (Wildman–Crippen LogP) is 1.91. The molecule has 21 heavy (non-hydrogen) atoms. The number of halogens is 1. The van der Waals surface area contributed by atoms with Crippen LogP contribution in [0.4, 0.5) is 11.4 Å². The molecule has 2 aliphatic rings. The zero-order valence-corrected chi connectivity index (χ0v) is 12.4. The Hall–Kier alpha value is -1.66. The van der Waals surface area contributed by atoms with Crippen molar-refractivity contribution in [3.63, 3.8) is 0 Å². The molecule has 1 aromatic rings. The smallest absolute Gasteiger partial charge is 0.271 e. The van der Waals surface area contributed by atoms with E-state index in [1.54, 1.807) is 11.0 Å². The summed E-state index contributed by atoms with van der Waals surface area (Å²) >= 11 is 0. The lowest BCUT2D eigenvalue weighted by Crippen LogP contribution is -2.37. The standard InChI is InChI=1S/C14H17N3O3.ClH/c18-14(9-15-8-10-1-2-10)16-6-5-11-3-4-12(17(19)20)7-13(11)16;/h3-4,7,10,15H,1-2,5-6,8-9H2;1H. The second kappa shape index (κ2) is 6.41. The van der Waals surface area contributed by atoms with Crippen LogP contribution in [0.1, 0.15) is 18.4 Å². The van der Waals surface area contributed by atoms with Crippen LogP contribution in [0.15, 0.2) is 18.2 Å². The van der Waals surface area contributed by atoms with Crippen molar-refractivity contribution >= 4 is 29.7 Å². The molecule has 114 valence electrons. The van der Waals surface area contributed by atoms with Crippen molar-refractivity contribution in [3.8, 4) is 0 Å². The summed E-state index contributed by atoms with van der Waals surface area (Å²) in [7, 11) is 0. The molecule has 7 heteroatoms. The molecule has 0 unspecified atom stereocenters. The van der Waals surface area contributed by atoms with Gasteiger partial charge in [-0.25, -0.2) is 0 Å². The Bertz CT molecular complexity index is 560. The van der Waals surface area contributed by atoms with Crippen LogP contribution in [-0.2, 0) is 11.2 Å². The number of nitro benzene ring substituents is 1. The monoisotopic (exact) mass is 311 g/mol. The van der Waals surface area contributed by atoms with E-state index in [4.69, 9.17) is 0 Å². The van der Waals surface area contributed by atoms with E-state index in [0.29, 0.717) is 18.8 Å². The van der Waals surface area contributed by atoms with Crippen LogP contribution in [-0.4, -0.2) is 30.5 Å². The maximum absolute atomic E-state index is 12.2. The van der Waals surface area contributed by atoms with Gasteiger partial charge in [0.15, 0.2) is 0 Å². The predicted molar refractivity (Wildman–Crippen MR) is 82.0 cm³/mol. The molecule has 1 N–H and O–H groups in total. The van der Waals surface area contributed by atoms with Crippen LogP contribution in [0.25, 0.3) is 0 Å². The van der Waals surface area contributed by atoms with Gasteiger partial charge < -0.3 is 10.2 Å². The van der Waals surface area contributed by atoms with Gasteiger partial charge in [-0.05, 0) is 37.3 Å². The molecule has 0 spiro atoms. The van der Waals surface area contributed by atoms with Crippen molar-refractivity contribution in [1.29, 1.82) is 0 Å². The third kappa shape index (κ3) is 3.51. The topological polar surface area (TPSA) is 75.5 Å². The number of carbonyl (C=O) groups is 1. The van der Waals surface area contributed by atoms with Crippen molar-refractivity contribution < 1.29 is 9.72 Å². The molecule has 1 saturated carbocycles. The molecule has 1 aliphatic carbocycles. The summed E-state index contributed by atoms with van der Waals surface area (Å²) in [6.45, 7) is 1.81. The number of rotatable bonds is 5. The quantitative estimate of drug-likeness (QED) is 0.665. The molecule has 1 amide bonds. The summed E-state index contributed by atoms with van der Waals surface area (Å²) in [4.78, 5) is 24.2. The number of hydrogen-bond donors (Lipinski definition) is 1. The van der Waals surface area contributed by atoms with Gasteiger partial charge in [0, 0.05) is 18.7 Å². The lowest BCUT2D eigenvalue weighted by atomic mass is 10.1. The molecule has 3 rings (SSSR count). The first-order valence-corrected chi connectivity index (χ1v) is 6.93. The van der Waals surface area contributed by atoms with E-state index in [9.17, 15) is 14.9 Å². The first-order valence-electron chi connectivity index (χ1n) is 6.93.